The average Bonchev–Trinajstić information content (AvgIpc) is 3.62. The highest BCUT2D eigenvalue weighted by Crippen LogP contribution is 2.32. The van der Waals surface area contributed by atoms with E-state index in [1.807, 2.05) is 18.2 Å². The van der Waals surface area contributed by atoms with Crippen molar-refractivity contribution in [2.24, 2.45) is 5.92 Å². The maximum absolute atomic E-state index is 13.8. The Bertz CT molecular complexity index is 1120. The van der Waals surface area contributed by atoms with Gasteiger partial charge in [-0.3, -0.25) is 9.59 Å². The number of aryl methyl sites for hydroxylation is 1. The van der Waals surface area contributed by atoms with Crippen LogP contribution in [0.1, 0.15) is 44.7 Å². The Morgan fingerprint density at radius 3 is 2.68 bits per heavy atom. The summed E-state index contributed by atoms with van der Waals surface area (Å²) in [6.07, 6.45) is 3.09. The summed E-state index contributed by atoms with van der Waals surface area (Å²) in [6.45, 7) is 2.48. The number of carbonyl (C=O) groups is 2. The Hall–Kier alpha value is -3.47. The Morgan fingerprint density at radius 2 is 1.94 bits per heavy atom. The second kappa shape index (κ2) is 9.13. The summed E-state index contributed by atoms with van der Waals surface area (Å²) in [5.41, 5.74) is 3.70. The minimum atomic E-state index is -0.308. The number of carbonyl (C=O) groups excluding carboxylic acids is 2. The molecular weight excluding hydrogens is 393 g/mol. The van der Waals surface area contributed by atoms with E-state index < -0.39 is 0 Å². The molecule has 0 radical (unpaired) electrons. The molecule has 1 aliphatic rings. The highest BCUT2D eigenvalue weighted by molar-refractivity contribution is 5.99. The molecule has 1 N–H and O–H groups in total. The van der Waals surface area contributed by atoms with Gasteiger partial charge in [-0.1, -0.05) is 42.5 Å². The molecule has 0 atom stereocenters. The van der Waals surface area contributed by atoms with E-state index in [1.54, 1.807) is 43.3 Å². The molecule has 1 amide bonds. The SMILES string of the molecule is Cc1ccc(CNC(=O)c2cc(-c3ccccc3C=O)ccc2OCC2CC2)cc1F. The lowest BCUT2D eigenvalue weighted by atomic mass is 9.98. The number of nitrogens with one attached hydrogen (secondary N) is 1. The molecule has 0 bridgehead atoms. The highest BCUT2D eigenvalue weighted by Gasteiger charge is 2.23. The summed E-state index contributed by atoms with van der Waals surface area (Å²) in [4.78, 5) is 24.5. The fourth-order valence-corrected chi connectivity index (χ4v) is 3.38. The van der Waals surface area contributed by atoms with E-state index in [-0.39, 0.29) is 18.3 Å². The van der Waals surface area contributed by atoms with Crippen LogP contribution in [0.3, 0.4) is 0 Å². The van der Waals surface area contributed by atoms with Crippen molar-refractivity contribution in [1.29, 1.82) is 0 Å². The molecule has 0 aliphatic heterocycles. The lowest BCUT2D eigenvalue weighted by molar-refractivity contribution is 0.0946. The largest absolute Gasteiger partial charge is 0.492 e. The zero-order valence-electron chi connectivity index (χ0n) is 17.4. The average molecular weight is 417 g/mol. The van der Waals surface area contributed by atoms with Crippen molar-refractivity contribution in [3.8, 4) is 16.9 Å². The predicted molar refractivity (Wildman–Crippen MR) is 118 cm³/mol. The molecule has 1 saturated carbocycles. The summed E-state index contributed by atoms with van der Waals surface area (Å²) in [5, 5.41) is 2.86. The molecule has 1 aliphatic carbocycles. The topological polar surface area (TPSA) is 55.4 Å². The van der Waals surface area contributed by atoms with Gasteiger partial charge in [0.1, 0.15) is 11.6 Å². The van der Waals surface area contributed by atoms with Crippen LogP contribution >= 0.6 is 0 Å². The first-order valence-corrected chi connectivity index (χ1v) is 10.4. The van der Waals surface area contributed by atoms with Gasteiger partial charge in [0.2, 0.25) is 0 Å². The Balaban J connectivity index is 1.60. The number of ether oxygens (including phenoxy) is 1. The smallest absolute Gasteiger partial charge is 0.255 e. The molecule has 5 heteroatoms. The monoisotopic (exact) mass is 417 g/mol. The van der Waals surface area contributed by atoms with Crippen LogP contribution in [0.4, 0.5) is 4.39 Å². The molecular formula is C26H24FNO3. The van der Waals surface area contributed by atoms with Gasteiger partial charge in [-0.05, 0) is 66.1 Å². The maximum atomic E-state index is 13.8. The van der Waals surface area contributed by atoms with E-state index in [9.17, 15) is 14.0 Å². The van der Waals surface area contributed by atoms with Crippen LogP contribution in [0, 0.1) is 18.7 Å². The van der Waals surface area contributed by atoms with E-state index in [2.05, 4.69) is 5.32 Å². The normalized spacial score (nSPS) is 13.0. The van der Waals surface area contributed by atoms with Crippen molar-refractivity contribution in [1.82, 2.24) is 5.32 Å². The first-order chi connectivity index (χ1) is 15.0. The first-order valence-electron chi connectivity index (χ1n) is 10.4. The minimum Gasteiger partial charge on any atom is -0.492 e. The van der Waals surface area contributed by atoms with Gasteiger partial charge in [0.25, 0.3) is 5.91 Å². The zero-order valence-corrected chi connectivity index (χ0v) is 17.4. The standard InChI is InChI=1S/C26H24FNO3/c1-17-6-7-19(12-24(17)27)14-28-26(30)23-13-20(22-5-3-2-4-21(22)15-29)10-11-25(23)31-16-18-8-9-18/h2-7,10-13,15,18H,8-9,14,16H2,1H3,(H,28,30). The van der Waals surface area contributed by atoms with E-state index in [0.717, 1.165) is 30.3 Å². The third-order valence-corrected chi connectivity index (χ3v) is 5.48. The highest BCUT2D eigenvalue weighted by atomic mass is 19.1. The van der Waals surface area contributed by atoms with Crippen molar-refractivity contribution in [2.75, 3.05) is 6.61 Å². The van der Waals surface area contributed by atoms with Gasteiger partial charge in [0.15, 0.2) is 6.29 Å². The molecule has 31 heavy (non-hydrogen) atoms. The molecule has 0 heterocycles. The van der Waals surface area contributed by atoms with Crippen molar-refractivity contribution in [3.63, 3.8) is 0 Å². The van der Waals surface area contributed by atoms with Crippen molar-refractivity contribution < 1.29 is 18.7 Å². The van der Waals surface area contributed by atoms with Gasteiger partial charge in [-0.2, -0.15) is 0 Å². The van der Waals surface area contributed by atoms with Crippen LogP contribution in [-0.2, 0) is 6.54 Å². The molecule has 4 nitrogen and oxygen atoms in total. The van der Waals surface area contributed by atoms with Crippen LogP contribution in [0.2, 0.25) is 0 Å². The molecule has 0 spiro atoms. The number of amides is 1. The van der Waals surface area contributed by atoms with Gasteiger partial charge >= 0.3 is 0 Å². The molecule has 0 aromatic heterocycles. The van der Waals surface area contributed by atoms with E-state index in [4.69, 9.17) is 4.74 Å². The van der Waals surface area contributed by atoms with Crippen molar-refractivity contribution in [2.45, 2.75) is 26.3 Å². The summed E-state index contributed by atoms with van der Waals surface area (Å²) >= 11 is 0. The van der Waals surface area contributed by atoms with Gasteiger partial charge in [0, 0.05) is 12.1 Å². The quantitative estimate of drug-likeness (QED) is 0.504. The summed E-state index contributed by atoms with van der Waals surface area (Å²) < 4.78 is 19.7. The number of benzene rings is 3. The number of rotatable bonds is 8. The Morgan fingerprint density at radius 1 is 1.13 bits per heavy atom. The van der Waals surface area contributed by atoms with Crippen molar-refractivity contribution in [3.05, 3.63) is 88.7 Å². The lowest BCUT2D eigenvalue weighted by Gasteiger charge is -2.14. The molecule has 3 aromatic carbocycles. The number of hydrogen-bond donors (Lipinski definition) is 1. The Labute approximate surface area is 181 Å². The second-order valence-electron chi connectivity index (χ2n) is 7.94. The van der Waals surface area contributed by atoms with Gasteiger partial charge in [0.05, 0.1) is 12.2 Å². The number of hydrogen-bond acceptors (Lipinski definition) is 3. The van der Waals surface area contributed by atoms with E-state index >= 15 is 0 Å². The first kappa shape index (κ1) is 20.8. The summed E-state index contributed by atoms with van der Waals surface area (Å²) in [6, 6.07) is 17.5. The third kappa shape index (κ3) is 5.00. The van der Waals surface area contributed by atoms with Crippen LogP contribution in [-0.4, -0.2) is 18.8 Å². The van der Waals surface area contributed by atoms with Crippen molar-refractivity contribution >= 4 is 12.2 Å². The number of aldehydes is 1. The summed E-state index contributed by atoms with van der Waals surface area (Å²) in [7, 11) is 0. The minimum absolute atomic E-state index is 0.202. The van der Waals surface area contributed by atoms with Crippen LogP contribution in [0.25, 0.3) is 11.1 Å². The third-order valence-electron chi connectivity index (χ3n) is 5.48. The van der Waals surface area contributed by atoms with E-state index in [0.29, 0.717) is 40.5 Å². The summed E-state index contributed by atoms with van der Waals surface area (Å²) in [5.74, 6) is 0.443. The van der Waals surface area contributed by atoms with Gasteiger partial charge in [-0.25, -0.2) is 4.39 Å². The molecule has 4 rings (SSSR count). The predicted octanol–water partition coefficient (Wildman–Crippen LogP) is 5.33. The van der Waals surface area contributed by atoms with Gasteiger partial charge in [-0.15, -0.1) is 0 Å². The molecule has 0 saturated heterocycles. The number of halogens is 1. The molecule has 158 valence electrons. The Kier molecular flexibility index (Phi) is 6.12. The van der Waals surface area contributed by atoms with Crippen LogP contribution in [0.15, 0.2) is 60.7 Å². The van der Waals surface area contributed by atoms with Gasteiger partial charge < -0.3 is 10.1 Å². The van der Waals surface area contributed by atoms with Crippen LogP contribution < -0.4 is 10.1 Å². The molecule has 3 aromatic rings. The zero-order chi connectivity index (χ0) is 21.8. The maximum Gasteiger partial charge on any atom is 0.255 e. The lowest BCUT2D eigenvalue weighted by Crippen LogP contribution is -2.24. The second-order valence-corrected chi connectivity index (χ2v) is 7.94. The van der Waals surface area contributed by atoms with E-state index in [1.165, 1.54) is 6.07 Å². The van der Waals surface area contributed by atoms with Crippen LogP contribution in [0.5, 0.6) is 5.75 Å². The fourth-order valence-electron chi connectivity index (χ4n) is 3.38. The molecule has 0 unspecified atom stereocenters. The molecule has 1 fully saturated rings. The fraction of sp³-hybridized carbons (Fsp3) is 0.231.